The maximum absolute atomic E-state index is 13.5. The van der Waals surface area contributed by atoms with E-state index in [9.17, 15) is 40.9 Å². The predicted molar refractivity (Wildman–Crippen MR) is 118 cm³/mol. The first-order valence-electron chi connectivity index (χ1n) is 12.9. The molecule has 4 aliphatic carbocycles. The van der Waals surface area contributed by atoms with Crippen molar-refractivity contribution in [2.75, 3.05) is 6.61 Å². The standard InChI is InChI=1S/C24H30F2O11S/c1-2-23(9-11-3-4-12(23)7-11)37-22(30)18-14-8-13-17(18)21(29)36-20(13)19(14)35-16(28)6-5-15(27)34-10-24(25,26)38(31,32)33/h11-14,17-20H,2-10H2,1H3,(H,31,32,33)/p-1. The quantitative estimate of drug-likeness (QED) is 0.216. The van der Waals surface area contributed by atoms with E-state index in [1.807, 2.05) is 6.92 Å². The van der Waals surface area contributed by atoms with Gasteiger partial charge in [0.1, 0.15) is 17.8 Å². The molecular formula is C24H29F2O11S-. The van der Waals surface area contributed by atoms with Crippen LogP contribution in [-0.2, 0) is 48.2 Å². The van der Waals surface area contributed by atoms with Crippen molar-refractivity contribution >= 4 is 34.0 Å². The normalized spacial score (nSPS) is 38.8. The second kappa shape index (κ2) is 9.39. The third-order valence-corrected chi connectivity index (χ3v) is 10.1. The van der Waals surface area contributed by atoms with Crippen LogP contribution >= 0.6 is 0 Å². The average molecular weight is 564 g/mol. The SMILES string of the molecule is CCC1(OC(=O)C2C3CC4C(OC(=O)C42)C3OC(=O)CCC(=O)OCC(F)(F)S(=O)(=O)[O-])CC2CCC1C2. The summed E-state index contributed by atoms with van der Waals surface area (Å²) in [5, 5.41) is -4.80. The van der Waals surface area contributed by atoms with Crippen molar-refractivity contribution in [3.8, 4) is 0 Å². The van der Waals surface area contributed by atoms with Gasteiger partial charge in [-0.05, 0) is 50.4 Å². The summed E-state index contributed by atoms with van der Waals surface area (Å²) in [6, 6.07) is 0. The molecule has 1 saturated heterocycles. The van der Waals surface area contributed by atoms with Gasteiger partial charge in [0.25, 0.3) is 0 Å². The van der Waals surface area contributed by atoms with Crippen molar-refractivity contribution in [3.05, 3.63) is 0 Å². The molecule has 0 aromatic rings. The lowest BCUT2D eigenvalue weighted by Gasteiger charge is -2.39. The first kappa shape index (κ1) is 27.2. The van der Waals surface area contributed by atoms with Crippen LogP contribution in [0.3, 0.4) is 0 Å². The summed E-state index contributed by atoms with van der Waals surface area (Å²) >= 11 is 0. The second-order valence-electron chi connectivity index (χ2n) is 11.1. The number of carbonyl (C=O) groups is 4. The molecule has 9 atom stereocenters. The summed E-state index contributed by atoms with van der Waals surface area (Å²) in [4.78, 5) is 50.3. The third kappa shape index (κ3) is 4.46. The molecule has 14 heteroatoms. The largest absolute Gasteiger partial charge is 0.743 e. The van der Waals surface area contributed by atoms with Crippen LogP contribution in [0.2, 0.25) is 0 Å². The van der Waals surface area contributed by atoms with Gasteiger partial charge in [-0.1, -0.05) is 6.92 Å². The zero-order valence-electron chi connectivity index (χ0n) is 20.6. The van der Waals surface area contributed by atoms with Gasteiger partial charge < -0.3 is 23.5 Å². The van der Waals surface area contributed by atoms with Crippen molar-refractivity contribution < 1.29 is 59.9 Å². The van der Waals surface area contributed by atoms with E-state index in [2.05, 4.69) is 4.74 Å². The smallest absolute Gasteiger partial charge is 0.367 e. The Balaban J connectivity index is 1.19. The minimum atomic E-state index is -6.02. The van der Waals surface area contributed by atoms with Gasteiger partial charge in [-0.3, -0.25) is 19.2 Å². The number of carbonyl (C=O) groups excluding carboxylic acids is 4. The van der Waals surface area contributed by atoms with E-state index >= 15 is 0 Å². The Bertz CT molecular complexity index is 1140. The molecule has 0 amide bonds. The molecule has 4 saturated carbocycles. The minimum Gasteiger partial charge on any atom is -0.743 e. The minimum absolute atomic E-state index is 0.297. The highest BCUT2D eigenvalue weighted by Gasteiger charge is 2.70. The lowest BCUT2D eigenvalue weighted by atomic mass is 9.77. The topological polar surface area (TPSA) is 162 Å². The van der Waals surface area contributed by atoms with Gasteiger partial charge in [-0.2, -0.15) is 8.78 Å². The van der Waals surface area contributed by atoms with E-state index in [4.69, 9.17) is 14.2 Å². The molecule has 1 aliphatic heterocycles. The first-order valence-corrected chi connectivity index (χ1v) is 14.3. The molecule has 1 heterocycles. The van der Waals surface area contributed by atoms with Crippen molar-refractivity contribution in [3.63, 3.8) is 0 Å². The molecule has 212 valence electrons. The third-order valence-electron chi connectivity index (χ3n) is 9.21. The van der Waals surface area contributed by atoms with Gasteiger partial charge in [0.05, 0.1) is 24.7 Å². The maximum atomic E-state index is 13.5. The zero-order chi connectivity index (χ0) is 27.6. The van der Waals surface area contributed by atoms with E-state index in [1.54, 1.807) is 0 Å². The van der Waals surface area contributed by atoms with Gasteiger partial charge in [0.15, 0.2) is 16.7 Å². The van der Waals surface area contributed by atoms with Crippen LogP contribution in [-0.4, -0.2) is 66.5 Å². The van der Waals surface area contributed by atoms with Crippen LogP contribution in [0.1, 0.15) is 58.3 Å². The van der Waals surface area contributed by atoms with Crippen LogP contribution in [0, 0.1) is 35.5 Å². The summed E-state index contributed by atoms with van der Waals surface area (Å²) in [7, 11) is -6.02. The number of alkyl halides is 2. The van der Waals surface area contributed by atoms with Crippen LogP contribution in [0.25, 0.3) is 0 Å². The fraction of sp³-hybridized carbons (Fsp3) is 0.833. The van der Waals surface area contributed by atoms with Crippen LogP contribution < -0.4 is 0 Å². The van der Waals surface area contributed by atoms with Gasteiger partial charge in [0, 0.05) is 11.8 Å². The molecule has 11 nitrogen and oxygen atoms in total. The van der Waals surface area contributed by atoms with Gasteiger partial charge in [-0.15, -0.1) is 0 Å². The maximum Gasteiger partial charge on any atom is 0.367 e. The van der Waals surface area contributed by atoms with Crippen LogP contribution in [0.4, 0.5) is 8.78 Å². The Morgan fingerprint density at radius 1 is 1.13 bits per heavy atom. The molecule has 9 unspecified atom stereocenters. The average Bonchev–Trinajstić information content (AvgIpc) is 3.63. The van der Waals surface area contributed by atoms with Crippen LogP contribution in [0.15, 0.2) is 0 Å². The molecule has 0 aromatic carbocycles. The number of halogens is 2. The lowest BCUT2D eigenvalue weighted by molar-refractivity contribution is -0.180. The number of hydrogen-bond acceptors (Lipinski definition) is 11. The molecule has 5 fully saturated rings. The summed E-state index contributed by atoms with van der Waals surface area (Å²) in [6.45, 7) is 0.0220. The molecule has 0 aromatic heterocycles. The second-order valence-corrected chi connectivity index (χ2v) is 12.6. The Morgan fingerprint density at radius 2 is 1.84 bits per heavy atom. The highest BCUT2D eigenvalue weighted by atomic mass is 32.2. The van der Waals surface area contributed by atoms with Gasteiger partial charge in [0.2, 0.25) is 0 Å². The number of fused-ring (bicyclic) bond motifs is 3. The molecule has 5 aliphatic rings. The Morgan fingerprint density at radius 3 is 2.45 bits per heavy atom. The van der Waals surface area contributed by atoms with Gasteiger partial charge in [-0.25, -0.2) is 8.42 Å². The Kier molecular flexibility index (Phi) is 6.73. The predicted octanol–water partition coefficient (Wildman–Crippen LogP) is 1.68. The van der Waals surface area contributed by atoms with E-state index in [0.29, 0.717) is 24.7 Å². The molecule has 4 bridgehead atoms. The number of ether oxygens (including phenoxy) is 4. The highest BCUT2D eigenvalue weighted by molar-refractivity contribution is 7.86. The Labute approximate surface area is 217 Å². The fourth-order valence-corrected chi connectivity index (χ4v) is 7.69. The van der Waals surface area contributed by atoms with E-state index < -0.39 is 94.3 Å². The lowest BCUT2D eigenvalue weighted by Crippen LogP contribution is -2.47. The summed E-state index contributed by atoms with van der Waals surface area (Å²) < 4.78 is 78.9. The van der Waals surface area contributed by atoms with Crippen molar-refractivity contribution in [2.45, 2.75) is 81.4 Å². The molecular weight excluding hydrogens is 534 g/mol. The van der Waals surface area contributed by atoms with E-state index in [-0.39, 0.29) is 5.92 Å². The molecule has 0 radical (unpaired) electrons. The number of rotatable bonds is 10. The molecule has 38 heavy (non-hydrogen) atoms. The summed E-state index contributed by atoms with van der Waals surface area (Å²) in [5.74, 6) is -4.69. The fourth-order valence-electron chi connectivity index (χ4n) is 7.48. The highest BCUT2D eigenvalue weighted by Crippen LogP contribution is 2.60. The molecule has 0 N–H and O–H groups in total. The summed E-state index contributed by atoms with van der Waals surface area (Å²) in [5.41, 5.74) is -0.543. The monoisotopic (exact) mass is 563 g/mol. The van der Waals surface area contributed by atoms with Crippen molar-refractivity contribution in [1.82, 2.24) is 0 Å². The number of hydrogen-bond donors (Lipinski definition) is 0. The molecule has 5 rings (SSSR count). The van der Waals surface area contributed by atoms with Crippen LogP contribution in [0.5, 0.6) is 0 Å². The zero-order valence-corrected chi connectivity index (χ0v) is 21.5. The van der Waals surface area contributed by atoms with Crippen molar-refractivity contribution in [2.24, 2.45) is 35.5 Å². The van der Waals surface area contributed by atoms with Crippen molar-refractivity contribution in [1.29, 1.82) is 0 Å². The first-order chi connectivity index (χ1) is 17.8. The van der Waals surface area contributed by atoms with E-state index in [0.717, 1.165) is 25.7 Å². The Hall–Kier alpha value is -2.35. The molecule has 0 spiro atoms. The van der Waals surface area contributed by atoms with Gasteiger partial charge >= 0.3 is 29.1 Å². The summed E-state index contributed by atoms with van der Waals surface area (Å²) in [6.07, 6.45) is 2.13. The van der Waals surface area contributed by atoms with E-state index in [1.165, 1.54) is 0 Å². The number of esters is 4.